The number of H-pyrrole nitrogens is 1. The molecule has 0 spiro atoms. The number of aromatic amines is 1. The number of ether oxygens (including phenoxy) is 1. The molecule has 3 aromatic rings. The second-order valence-electron chi connectivity index (χ2n) is 7.50. The standard InChI is InChI=1S/C22H24N2O2/c1-15-10-16(2)14-24(13-15)22(25)21-12-17-11-19(8-9-20(17)23-21)26-18-6-4-3-5-7-18/h3-9,11-12,15-16,23H,10,13-14H2,1-2H3/t15-,16+. The molecule has 2 aromatic carbocycles. The number of carbonyl (C=O) groups excluding carboxylic acids is 1. The van der Waals surface area contributed by atoms with Gasteiger partial charge in [0.2, 0.25) is 0 Å². The third-order valence-corrected chi connectivity index (χ3v) is 4.96. The molecular weight excluding hydrogens is 324 g/mol. The molecule has 1 N–H and O–H groups in total. The molecule has 4 heteroatoms. The van der Waals surface area contributed by atoms with Crippen molar-refractivity contribution in [3.05, 3.63) is 60.3 Å². The van der Waals surface area contributed by atoms with E-state index in [0.29, 0.717) is 17.5 Å². The van der Waals surface area contributed by atoms with Gasteiger partial charge in [0.1, 0.15) is 17.2 Å². The van der Waals surface area contributed by atoms with Gasteiger partial charge in [-0.15, -0.1) is 0 Å². The maximum absolute atomic E-state index is 12.9. The molecule has 4 nitrogen and oxygen atoms in total. The number of likely N-dealkylation sites (tertiary alicyclic amines) is 1. The van der Waals surface area contributed by atoms with E-state index in [1.807, 2.05) is 59.5 Å². The molecule has 1 fully saturated rings. The van der Waals surface area contributed by atoms with Gasteiger partial charge in [-0.25, -0.2) is 0 Å². The highest BCUT2D eigenvalue weighted by Crippen LogP contribution is 2.27. The fourth-order valence-electron chi connectivity index (χ4n) is 3.91. The summed E-state index contributed by atoms with van der Waals surface area (Å²) in [6, 6.07) is 17.5. The number of piperidine rings is 1. The van der Waals surface area contributed by atoms with Gasteiger partial charge in [0.05, 0.1) is 0 Å². The number of hydrogen-bond donors (Lipinski definition) is 1. The minimum Gasteiger partial charge on any atom is -0.457 e. The van der Waals surface area contributed by atoms with Crippen LogP contribution in [0.2, 0.25) is 0 Å². The highest BCUT2D eigenvalue weighted by molar-refractivity contribution is 5.98. The largest absolute Gasteiger partial charge is 0.457 e. The predicted molar refractivity (Wildman–Crippen MR) is 104 cm³/mol. The van der Waals surface area contributed by atoms with Crippen LogP contribution in [0, 0.1) is 11.8 Å². The Balaban J connectivity index is 1.56. The van der Waals surface area contributed by atoms with E-state index in [2.05, 4.69) is 18.8 Å². The Morgan fingerprint density at radius 1 is 1.00 bits per heavy atom. The summed E-state index contributed by atoms with van der Waals surface area (Å²) >= 11 is 0. The van der Waals surface area contributed by atoms with Crippen LogP contribution < -0.4 is 4.74 Å². The number of fused-ring (bicyclic) bond motifs is 1. The van der Waals surface area contributed by atoms with Gasteiger partial charge in [0.25, 0.3) is 5.91 Å². The Morgan fingerprint density at radius 3 is 2.46 bits per heavy atom. The quantitative estimate of drug-likeness (QED) is 0.717. The summed E-state index contributed by atoms with van der Waals surface area (Å²) in [7, 11) is 0. The van der Waals surface area contributed by atoms with Gasteiger partial charge in [-0.2, -0.15) is 0 Å². The third-order valence-electron chi connectivity index (χ3n) is 4.96. The average Bonchev–Trinajstić information content (AvgIpc) is 3.04. The zero-order chi connectivity index (χ0) is 18.1. The van der Waals surface area contributed by atoms with E-state index < -0.39 is 0 Å². The molecule has 26 heavy (non-hydrogen) atoms. The summed E-state index contributed by atoms with van der Waals surface area (Å²) in [6.07, 6.45) is 1.19. The van der Waals surface area contributed by atoms with Crippen LogP contribution in [-0.2, 0) is 0 Å². The first-order valence-corrected chi connectivity index (χ1v) is 9.23. The third kappa shape index (κ3) is 3.45. The van der Waals surface area contributed by atoms with Crippen molar-refractivity contribution in [2.75, 3.05) is 13.1 Å². The van der Waals surface area contributed by atoms with Crippen molar-refractivity contribution in [1.82, 2.24) is 9.88 Å². The van der Waals surface area contributed by atoms with Crippen LogP contribution in [-0.4, -0.2) is 28.9 Å². The SMILES string of the molecule is C[C@@H]1C[C@H](C)CN(C(=O)c2cc3cc(Oc4ccccc4)ccc3[nH]2)C1. The van der Waals surface area contributed by atoms with Crippen LogP contribution >= 0.6 is 0 Å². The Bertz CT molecular complexity index is 906. The molecule has 1 aromatic heterocycles. The molecule has 2 atom stereocenters. The number of carbonyl (C=O) groups is 1. The van der Waals surface area contributed by atoms with E-state index in [1.54, 1.807) is 0 Å². The van der Waals surface area contributed by atoms with E-state index in [0.717, 1.165) is 35.5 Å². The lowest BCUT2D eigenvalue weighted by Crippen LogP contribution is -2.42. The highest BCUT2D eigenvalue weighted by atomic mass is 16.5. The number of nitrogens with zero attached hydrogens (tertiary/aromatic N) is 1. The Hall–Kier alpha value is -2.75. The lowest BCUT2D eigenvalue weighted by molar-refractivity contribution is 0.0618. The van der Waals surface area contributed by atoms with Gasteiger partial charge in [-0.1, -0.05) is 32.0 Å². The van der Waals surface area contributed by atoms with Gasteiger partial charge < -0.3 is 14.6 Å². The highest BCUT2D eigenvalue weighted by Gasteiger charge is 2.26. The molecule has 4 rings (SSSR count). The summed E-state index contributed by atoms with van der Waals surface area (Å²) in [5.74, 6) is 2.76. The summed E-state index contributed by atoms with van der Waals surface area (Å²) in [5.41, 5.74) is 1.60. The molecule has 1 aliphatic heterocycles. The fourth-order valence-corrected chi connectivity index (χ4v) is 3.91. The minimum absolute atomic E-state index is 0.0881. The first kappa shape index (κ1) is 16.7. The van der Waals surface area contributed by atoms with Crippen molar-refractivity contribution in [2.24, 2.45) is 11.8 Å². The lowest BCUT2D eigenvalue weighted by atomic mass is 9.92. The normalized spacial score (nSPS) is 20.3. The van der Waals surface area contributed by atoms with Gasteiger partial charge in [-0.05, 0) is 54.7 Å². The number of benzene rings is 2. The van der Waals surface area contributed by atoms with Crippen molar-refractivity contribution in [1.29, 1.82) is 0 Å². The zero-order valence-electron chi connectivity index (χ0n) is 15.2. The monoisotopic (exact) mass is 348 g/mol. The van der Waals surface area contributed by atoms with Gasteiger partial charge in [-0.3, -0.25) is 4.79 Å². The van der Waals surface area contributed by atoms with E-state index >= 15 is 0 Å². The summed E-state index contributed by atoms with van der Waals surface area (Å²) in [4.78, 5) is 18.1. The number of amides is 1. The van der Waals surface area contributed by atoms with Crippen molar-refractivity contribution in [2.45, 2.75) is 20.3 Å². The van der Waals surface area contributed by atoms with Crippen LogP contribution in [0.3, 0.4) is 0 Å². The number of nitrogens with one attached hydrogen (secondary N) is 1. The lowest BCUT2D eigenvalue weighted by Gasteiger charge is -2.34. The van der Waals surface area contributed by atoms with Crippen molar-refractivity contribution in [3.8, 4) is 11.5 Å². The van der Waals surface area contributed by atoms with Gasteiger partial charge in [0.15, 0.2) is 0 Å². The molecular formula is C22H24N2O2. The van der Waals surface area contributed by atoms with E-state index in [-0.39, 0.29) is 5.91 Å². The summed E-state index contributed by atoms with van der Waals surface area (Å²) in [5, 5.41) is 0.986. The molecule has 2 heterocycles. The molecule has 0 radical (unpaired) electrons. The minimum atomic E-state index is 0.0881. The number of rotatable bonds is 3. The molecule has 1 amide bonds. The number of para-hydroxylation sites is 1. The summed E-state index contributed by atoms with van der Waals surface area (Å²) < 4.78 is 5.89. The van der Waals surface area contributed by atoms with Crippen molar-refractivity contribution < 1.29 is 9.53 Å². The molecule has 0 unspecified atom stereocenters. The number of aromatic nitrogens is 1. The molecule has 1 aliphatic rings. The maximum Gasteiger partial charge on any atom is 0.270 e. The number of hydrogen-bond acceptors (Lipinski definition) is 2. The Morgan fingerprint density at radius 2 is 1.73 bits per heavy atom. The van der Waals surface area contributed by atoms with Crippen LogP contribution in [0.25, 0.3) is 10.9 Å². The zero-order valence-corrected chi connectivity index (χ0v) is 15.2. The molecule has 1 saturated heterocycles. The van der Waals surface area contributed by atoms with Crippen molar-refractivity contribution in [3.63, 3.8) is 0 Å². The van der Waals surface area contributed by atoms with E-state index in [9.17, 15) is 4.79 Å². The second-order valence-corrected chi connectivity index (χ2v) is 7.50. The van der Waals surface area contributed by atoms with Crippen molar-refractivity contribution >= 4 is 16.8 Å². The van der Waals surface area contributed by atoms with Gasteiger partial charge in [0, 0.05) is 24.0 Å². The fraction of sp³-hybridized carbons (Fsp3) is 0.318. The van der Waals surface area contributed by atoms with Crippen LogP contribution in [0.1, 0.15) is 30.8 Å². The van der Waals surface area contributed by atoms with Gasteiger partial charge >= 0.3 is 0 Å². The Kier molecular flexibility index (Phi) is 4.41. The second kappa shape index (κ2) is 6.87. The van der Waals surface area contributed by atoms with E-state index in [1.165, 1.54) is 6.42 Å². The first-order chi connectivity index (χ1) is 12.6. The van der Waals surface area contributed by atoms with Crippen LogP contribution in [0.4, 0.5) is 0 Å². The molecule has 134 valence electrons. The molecule has 0 aliphatic carbocycles. The summed E-state index contributed by atoms with van der Waals surface area (Å²) in [6.45, 7) is 6.10. The molecule has 0 saturated carbocycles. The maximum atomic E-state index is 12.9. The van der Waals surface area contributed by atoms with E-state index in [4.69, 9.17) is 4.74 Å². The Labute approximate surface area is 153 Å². The predicted octanol–water partition coefficient (Wildman–Crippen LogP) is 5.08. The topological polar surface area (TPSA) is 45.3 Å². The average molecular weight is 348 g/mol. The van der Waals surface area contributed by atoms with Crippen LogP contribution in [0.15, 0.2) is 54.6 Å². The molecule has 0 bridgehead atoms. The smallest absolute Gasteiger partial charge is 0.270 e. The van der Waals surface area contributed by atoms with Crippen LogP contribution in [0.5, 0.6) is 11.5 Å². The first-order valence-electron chi connectivity index (χ1n) is 9.23.